The van der Waals surface area contributed by atoms with Crippen molar-refractivity contribution in [3.63, 3.8) is 0 Å². The minimum atomic E-state index is 0.342. The fraction of sp³-hybridized carbons (Fsp3) is 0.167. The van der Waals surface area contributed by atoms with Gasteiger partial charge in [0.25, 0.3) is 0 Å². The first-order valence-electron chi connectivity index (χ1n) is 5.08. The van der Waals surface area contributed by atoms with Crippen LogP contribution < -0.4 is 10.5 Å². The van der Waals surface area contributed by atoms with Crippen LogP contribution in [-0.4, -0.2) is 9.97 Å². The van der Waals surface area contributed by atoms with Crippen LogP contribution in [0.1, 0.15) is 11.1 Å². The van der Waals surface area contributed by atoms with Gasteiger partial charge in [-0.05, 0) is 37.1 Å². The van der Waals surface area contributed by atoms with E-state index < -0.39 is 0 Å². The standard InChI is InChI=1S/C12H12ClN3O/c1-7-4-11(8(2)3-10(7)14)17-12-9(13)5-15-6-16-12/h3-6H,14H2,1-2H3. The lowest BCUT2D eigenvalue weighted by Crippen LogP contribution is -1.96. The minimum Gasteiger partial charge on any atom is -0.437 e. The van der Waals surface area contributed by atoms with Crippen molar-refractivity contribution in [2.75, 3.05) is 5.73 Å². The van der Waals surface area contributed by atoms with E-state index in [4.69, 9.17) is 22.1 Å². The SMILES string of the molecule is Cc1cc(Oc2ncncc2Cl)c(C)cc1N. The van der Waals surface area contributed by atoms with Crippen LogP contribution in [0.2, 0.25) is 5.02 Å². The Balaban J connectivity index is 2.37. The molecule has 0 aliphatic rings. The quantitative estimate of drug-likeness (QED) is 0.831. The summed E-state index contributed by atoms with van der Waals surface area (Å²) < 4.78 is 5.64. The Bertz CT molecular complexity index is 557. The summed E-state index contributed by atoms with van der Waals surface area (Å²) >= 11 is 5.92. The molecule has 2 aromatic rings. The molecule has 2 N–H and O–H groups in total. The number of nitrogen functional groups attached to an aromatic ring is 1. The zero-order valence-corrected chi connectivity index (χ0v) is 10.3. The maximum atomic E-state index is 5.92. The van der Waals surface area contributed by atoms with E-state index in [9.17, 15) is 0 Å². The van der Waals surface area contributed by atoms with Crippen molar-refractivity contribution in [3.05, 3.63) is 40.8 Å². The molecule has 0 bridgehead atoms. The topological polar surface area (TPSA) is 61.0 Å². The van der Waals surface area contributed by atoms with Crippen LogP contribution in [0, 0.1) is 13.8 Å². The number of halogens is 1. The van der Waals surface area contributed by atoms with Crippen molar-refractivity contribution in [1.29, 1.82) is 0 Å². The molecule has 2 rings (SSSR count). The van der Waals surface area contributed by atoms with E-state index in [1.54, 1.807) is 0 Å². The van der Waals surface area contributed by atoms with Crippen molar-refractivity contribution in [1.82, 2.24) is 9.97 Å². The number of aryl methyl sites for hydroxylation is 2. The predicted octanol–water partition coefficient (Wildman–Crippen LogP) is 3.12. The largest absolute Gasteiger partial charge is 0.437 e. The van der Waals surface area contributed by atoms with Crippen LogP contribution >= 0.6 is 11.6 Å². The molecule has 0 atom stereocenters. The average Bonchev–Trinajstić information content (AvgIpc) is 2.29. The highest BCUT2D eigenvalue weighted by Gasteiger charge is 2.08. The number of nitrogens with zero attached hydrogens (tertiary/aromatic N) is 2. The molecule has 0 saturated carbocycles. The number of nitrogens with two attached hydrogens (primary N) is 1. The molecule has 88 valence electrons. The van der Waals surface area contributed by atoms with E-state index in [0.717, 1.165) is 16.8 Å². The maximum Gasteiger partial charge on any atom is 0.241 e. The van der Waals surface area contributed by atoms with Gasteiger partial charge in [-0.25, -0.2) is 9.97 Å². The molecule has 0 aliphatic carbocycles. The monoisotopic (exact) mass is 249 g/mol. The van der Waals surface area contributed by atoms with Crippen molar-refractivity contribution in [3.8, 4) is 11.6 Å². The summed E-state index contributed by atoms with van der Waals surface area (Å²) in [6, 6.07) is 3.73. The fourth-order valence-corrected chi connectivity index (χ4v) is 1.55. The molecule has 17 heavy (non-hydrogen) atoms. The number of anilines is 1. The van der Waals surface area contributed by atoms with Gasteiger partial charge in [-0.2, -0.15) is 0 Å². The zero-order chi connectivity index (χ0) is 12.4. The molecule has 0 fully saturated rings. The lowest BCUT2D eigenvalue weighted by Gasteiger charge is -2.10. The molecule has 1 aromatic carbocycles. The van der Waals surface area contributed by atoms with Crippen molar-refractivity contribution < 1.29 is 4.74 Å². The lowest BCUT2D eigenvalue weighted by molar-refractivity contribution is 0.458. The first-order chi connectivity index (χ1) is 8.08. The van der Waals surface area contributed by atoms with Crippen LogP contribution in [0.3, 0.4) is 0 Å². The van der Waals surface area contributed by atoms with Crippen LogP contribution in [0.25, 0.3) is 0 Å². The Kier molecular flexibility index (Phi) is 3.15. The number of hydrogen-bond acceptors (Lipinski definition) is 4. The minimum absolute atomic E-state index is 0.342. The van der Waals surface area contributed by atoms with Gasteiger partial charge in [0.2, 0.25) is 5.88 Å². The molecular weight excluding hydrogens is 238 g/mol. The number of ether oxygens (including phenoxy) is 1. The van der Waals surface area contributed by atoms with Crippen LogP contribution in [0.15, 0.2) is 24.7 Å². The van der Waals surface area contributed by atoms with Crippen LogP contribution in [-0.2, 0) is 0 Å². The lowest BCUT2D eigenvalue weighted by atomic mass is 10.1. The van der Waals surface area contributed by atoms with Gasteiger partial charge in [-0.1, -0.05) is 11.6 Å². The molecule has 1 aromatic heterocycles. The van der Waals surface area contributed by atoms with Gasteiger partial charge in [-0.15, -0.1) is 0 Å². The van der Waals surface area contributed by atoms with Crippen molar-refractivity contribution in [2.45, 2.75) is 13.8 Å². The smallest absolute Gasteiger partial charge is 0.241 e. The molecule has 0 amide bonds. The summed E-state index contributed by atoms with van der Waals surface area (Å²) in [6.45, 7) is 3.84. The molecule has 1 heterocycles. The third kappa shape index (κ3) is 2.47. The molecule has 0 radical (unpaired) electrons. The molecule has 0 spiro atoms. The zero-order valence-electron chi connectivity index (χ0n) is 9.57. The number of aromatic nitrogens is 2. The average molecular weight is 250 g/mol. The second-order valence-electron chi connectivity index (χ2n) is 3.75. The van der Waals surface area contributed by atoms with Gasteiger partial charge in [0.15, 0.2) is 0 Å². The summed E-state index contributed by atoms with van der Waals surface area (Å²) in [5.74, 6) is 1.03. The molecule has 0 saturated heterocycles. The predicted molar refractivity (Wildman–Crippen MR) is 67.4 cm³/mol. The highest BCUT2D eigenvalue weighted by atomic mass is 35.5. The van der Waals surface area contributed by atoms with Crippen molar-refractivity contribution >= 4 is 17.3 Å². The maximum absolute atomic E-state index is 5.92. The Morgan fingerprint density at radius 1 is 1.24 bits per heavy atom. The molecule has 0 aliphatic heterocycles. The Morgan fingerprint density at radius 2 is 2.00 bits per heavy atom. The summed E-state index contributed by atoms with van der Waals surface area (Å²) in [7, 11) is 0. The van der Waals surface area contributed by atoms with Gasteiger partial charge in [-0.3, -0.25) is 0 Å². The van der Waals surface area contributed by atoms with Gasteiger partial charge in [0, 0.05) is 5.69 Å². The Hall–Kier alpha value is -1.81. The third-order valence-electron chi connectivity index (χ3n) is 2.40. The molecular formula is C12H12ClN3O. The summed E-state index contributed by atoms with van der Waals surface area (Å²) in [4.78, 5) is 7.77. The Morgan fingerprint density at radius 3 is 2.71 bits per heavy atom. The molecule has 4 nitrogen and oxygen atoms in total. The normalized spacial score (nSPS) is 10.3. The third-order valence-corrected chi connectivity index (χ3v) is 2.66. The Labute approximate surface area is 104 Å². The van der Waals surface area contributed by atoms with Gasteiger partial charge in [0.1, 0.15) is 17.1 Å². The second-order valence-corrected chi connectivity index (χ2v) is 4.16. The highest BCUT2D eigenvalue weighted by Crippen LogP contribution is 2.30. The fourth-order valence-electron chi connectivity index (χ4n) is 1.40. The number of hydrogen-bond donors (Lipinski definition) is 1. The van der Waals surface area contributed by atoms with E-state index in [0.29, 0.717) is 16.7 Å². The first kappa shape index (κ1) is 11.7. The van der Waals surface area contributed by atoms with Crippen LogP contribution in [0.5, 0.6) is 11.6 Å². The van der Waals surface area contributed by atoms with Crippen molar-refractivity contribution in [2.24, 2.45) is 0 Å². The molecule has 5 heteroatoms. The van der Waals surface area contributed by atoms with E-state index >= 15 is 0 Å². The second kappa shape index (κ2) is 4.59. The van der Waals surface area contributed by atoms with E-state index in [1.807, 2.05) is 26.0 Å². The van der Waals surface area contributed by atoms with Gasteiger partial charge in [0.05, 0.1) is 6.20 Å². The summed E-state index contributed by atoms with van der Waals surface area (Å²) in [5.41, 5.74) is 8.43. The van der Waals surface area contributed by atoms with E-state index in [1.165, 1.54) is 12.5 Å². The van der Waals surface area contributed by atoms with Gasteiger partial charge >= 0.3 is 0 Å². The number of rotatable bonds is 2. The number of benzene rings is 1. The summed E-state index contributed by atoms with van der Waals surface area (Å²) in [5, 5.41) is 0.376. The van der Waals surface area contributed by atoms with E-state index in [-0.39, 0.29) is 0 Å². The van der Waals surface area contributed by atoms with E-state index in [2.05, 4.69) is 9.97 Å². The molecule has 0 unspecified atom stereocenters. The van der Waals surface area contributed by atoms with Crippen LogP contribution in [0.4, 0.5) is 5.69 Å². The first-order valence-corrected chi connectivity index (χ1v) is 5.46. The summed E-state index contributed by atoms with van der Waals surface area (Å²) in [6.07, 6.45) is 2.88. The highest BCUT2D eigenvalue weighted by molar-refractivity contribution is 6.31. The van der Waals surface area contributed by atoms with Gasteiger partial charge < -0.3 is 10.5 Å².